The second-order valence-corrected chi connectivity index (χ2v) is 5.03. The monoisotopic (exact) mass is 265 g/mol. The van der Waals surface area contributed by atoms with Crippen molar-refractivity contribution in [2.45, 2.75) is 39.8 Å². The van der Waals surface area contributed by atoms with Crippen molar-refractivity contribution < 1.29 is 14.1 Å². The summed E-state index contributed by atoms with van der Waals surface area (Å²) in [6.45, 7) is 7.41. The fourth-order valence-corrected chi connectivity index (χ4v) is 1.42. The Morgan fingerprint density at radius 2 is 2.21 bits per heavy atom. The first-order valence-electron chi connectivity index (χ1n) is 5.75. The van der Waals surface area contributed by atoms with Gasteiger partial charge in [0.1, 0.15) is 12.1 Å². The second kappa shape index (κ2) is 4.79. The van der Waals surface area contributed by atoms with E-state index in [1.54, 1.807) is 27.7 Å². The summed E-state index contributed by atoms with van der Waals surface area (Å²) in [7, 11) is 0. The molecular formula is C11H15N5O3. The number of carbonyl (C=O) groups is 1. The molecule has 0 fully saturated rings. The Balaban J connectivity index is 2.16. The Labute approximate surface area is 109 Å². The Kier molecular flexibility index (Phi) is 3.32. The predicted octanol–water partition coefficient (Wildman–Crippen LogP) is 0.973. The first kappa shape index (κ1) is 13.2. The third-order valence-corrected chi connectivity index (χ3v) is 2.27. The lowest BCUT2D eigenvalue weighted by Gasteiger charge is -2.18. The Hall–Kier alpha value is -2.25. The average Bonchev–Trinajstić information content (AvgIpc) is 2.88. The zero-order valence-corrected chi connectivity index (χ0v) is 11.2. The molecule has 2 aromatic rings. The average molecular weight is 265 g/mol. The predicted molar refractivity (Wildman–Crippen MR) is 63.3 cm³/mol. The lowest BCUT2D eigenvalue weighted by molar-refractivity contribution is 0.00619. The molecule has 8 nitrogen and oxygen atoms in total. The van der Waals surface area contributed by atoms with Gasteiger partial charge in [-0.3, -0.25) is 0 Å². The summed E-state index contributed by atoms with van der Waals surface area (Å²) < 4.78 is 11.4. The standard InChI is InChI=1S/C11H15N5O3/c1-7-9(10(17)19-11(2,3)4)13-15-16(7)5-8-12-6-18-14-8/h6H,5H2,1-4H3. The van der Waals surface area contributed by atoms with Crippen LogP contribution >= 0.6 is 0 Å². The van der Waals surface area contributed by atoms with Gasteiger partial charge in [-0.05, 0) is 27.7 Å². The molecule has 0 atom stereocenters. The van der Waals surface area contributed by atoms with Gasteiger partial charge in [0.2, 0.25) is 6.39 Å². The van der Waals surface area contributed by atoms with Crippen molar-refractivity contribution in [3.05, 3.63) is 23.6 Å². The molecule has 0 amide bonds. The normalized spacial score (nSPS) is 11.6. The van der Waals surface area contributed by atoms with Crippen LogP contribution in [0.2, 0.25) is 0 Å². The molecule has 102 valence electrons. The molecular weight excluding hydrogens is 250 g/mol. The summed E-state index contributed by atoms with van der Waals surface area (Å²) in [5.74, 6) is -0.0342. The summed E-state index contributed by atoms with van der Waals surface area (Å²) >= 11 is 0. The molecule has 0 aromatic carbocycles. The lowest BCUT2D eigenvalue weighted by Crippen LogP contribution is -2.24. The maximum Gasteiger partial charge on any atom is 0.361 e. The van der Waals surface area contributed by atoms with Gasteiger partial charge in [0, 0.05) is 0 Å². The van der Waals surface area contributed by atoms with E-state index in [0.29, 0.717) is 11.5 Å². The summed E-state index contributed by atoms with van der Waals surface area (Å²) in [4.78, 5) is 15.8. The topological polar surface area (TPSA) is 95.9 Å². The number of carbonyl (C=O) groups excluding carboxylic acids is 1. The number of esters is 1. The van der Waals surface area contributed by atoms with Crippen LogP contribution in [0, 0.1) is 6.92 Å². The fourth-order valence-electron chi connectivity index (χ4n) is 1.42. The van der Waals surface area contributed by atoms with Crippen molar-refractivity contribution >= 4 is 5.97 Å². The number of rotatable bonds is 3. The molecule has 0 aliphatic rings. The quantitative estimate of drug-likeness (QED) is 0.763. The molecule has 0 N–H and O–H groups in total. The summed E-state index contributed by atoms with van der Waals surface area (Å²) in [6.07, 6.45) is 1.23. The molecule has 0 aliphatic carbocycles. The highest BCUT2D eigenvalue weighted by Gasteiger charge is 2.23. The molecule has 19 heavy (non-hydrogen) atoms. The van der Waals surface area contributed by atoms with E-state index >= 15 is 0 Å². The minimum Gasteiger partial charge on any atom is -0.455 e. The molecule has 0 unspecified atom stereocenters. The molecule has 2 rings (SSSR count). The van der Waals surface area contributed by atoms with E-state index in [0.717, 1.165) is 0 Å². The van der Waals surface area contributed by atoms with Gasteiger partial charge < -0.3 is 9.26 Å². The largest absolute Gasteiger partial charge is 0.455 e. The van der Waals surface area contributed by atoms with E-state index in [1.165, 1.54) is 11.1 Å². The van der Waals surface area contributed by atoms with Gasteiger partial charge >= 0.3 is 5.97 Å². The second-order valence-electron chi connectivity index (χ2n) is 5.03. The van der Waals surface area contributed by atoms with Crippen molar-refractivity contribution in [1.82, 2.24) is 25.1 Å². The Morgan fingerprint density at radius 1 is 1.47 bits per heavy atom. The van der Waals surface area contributed by atoms with Gasteiger partial charge in [-0.25, -0.2) is 9.48 Å². The molecule has 0 aliphatic heterocycles. The van der Waals surface area contributed by atoms with E-state index in [2.05, 4.69) is 25.0 Å². The van der Waals surface area contributed by atoms with E-state index in [9.17, 15) is 4.79 Å². The smallest absolute Gasteiger partial charge is 0.361 e. The van der Waals surface area contributed by atoms with Crippen molar-refractivity contribution in [1.29, 1.82) is 0 Å². The third-order valence-electron chi connectivity index (χ3n) is 2.27. The number of ether oxygens (including phenoxy) is 1. The van der Waals surface area contributed by atoms with Crippen molar-refractivity contribution in [2.24, 2.45) is 0 Å². The van der Waals surface area contributed by atoms with E-state index < -0.39 is 11.6 Å². The molecule has 2 aromatic heterocycles. The van der Waals surface area contributed by atoms with Gasteiger partial charge in [0.05, 0.1) is 5.69 Å². The number of nitrogens with zero attached hydrogens (tertiary/aromatic N) is 5. The van der Waals surface area contributed by atoms with Crippen LogP contribution in [0.4, 0.5) is 0 Å². The van der Waals surface area contributed by atoms with Crippen LogP contribution in [0.1, 0.15) is 42.8 Å². The molecule has 0 bridgehead atoms. The highest BCUT2D eigenvalue weighted by Crippen LogP contribution is 2.13. The SMILES string of the molecule is Cc1c(C(=O)OC(C)(C)C)nnn1Cc1ncon1. The third kappa shape index (κ3) is 3.15. The van der Waals surface area contributed by atoms with Gasteiger partial charge in [-0.15, -0.1) is 5.10 Å². The molecule has 8 heteroatoms. The van der Waals surface area contributed by atoms with E-state index in [-0.39, 0.29) is 12.2 Å². The maximum absolute atomic E-state index is 11.9. The van der Waals surface area contributed by atoms with Crippen LogP contribution < -0.4 is 0 Å². The van der Waals surface area contributed by atoms with Crippen LogP contribution in [-0.4, -0.2) is 36.7 Å². The van der Waals surface area contributed by atoms with E-state index in [4.69, 9.17) is 4.74 Å². The van der Waals surface area contributed by atoms with Crippen LogP contribution in [0.3, 0.4) is 0 Å². The number of aromatic nitrogens is 5. The number of hydrogen-bond acceptors (Lipinski definition) is 7. The van der Waals surface area contributed by atoms with Gasteiger partial charge in [-0.2, -0.15) is 4.98 Å². The Morgan fingerprint density at radius 3 is 2.79 bits per heavy atom. The van der Waals surface area contributed by atoms with Crippen molar-refractivity contribution in [2.75, 3.05) is 0 Å². The molecule has 0 saturated carbocycles. The first-order valence-corrected chi connectivity index (χ1v) is 5.75. The minimum atomic E-state index is -0.568. The molecule has 0 spiro atoms. The summed E-state index contributed by atoms with van der Waals surface area (Å²) in [6, 6.07) is 0. The van der Waals surface area contributed by atoms with Crippen LogP contribution in [0.15, 0.2) is 10.9 Å². The first-order chi connectivity index (χ1) is 8.87. The fraction of sp³-hybridized carbons (Fsp3) is 0.545. The number of hydrogen-bond donors (Lipinski definition) is 0. The summed E-state index contributed by atoms with van der Waals surface area (Å²) in [5, 5.41) is 11.4. The maximum atomic E-state index is 11.9. The highest BCUT2D eigenvalue weighted by molar-refractivity contribution is 5.88. The van der Waals surface area contributed by atoms with Gasteiger partial charge in [-0.1, -0.05) is 10.4 Å². The molecule has 2 heterocycles. The van der Waals surface area contributed by atoms with Crippen molar-refractivity contribution in [3.8, 4) is 0 Å². The van der Waals surface area contributed by atoms with Gasteiger partial charge in [0.25, 0.3) is 0 Å². The zero-order valence-electron chi connectivity index (χ0n) is 11.2. The van der Waals surface area contributed by atoms with E-state index in [1.807, 2.05) is 0 Å². The van der Waals surface area contributed by atoms with Crippen LogP contribution in [-0.2, 0) is 11.3 Å². The van der Waals surface area contributed by atoms with Crippen LogP contribution in [0.5, 0.6) is 0 Å². The zero-order chi connectivity index (χ0) is 14.0. The minimum absolute atomic E-state index is 0.193. The Bertz CT molecular complexity index is 568. The summed E-state index contributed by atoms with van der Waals surface area (Å²) in [5.41, 5.74) is 0.221. The van der Waals surface area contributed by atoms with Crippen molar-refractivity contribution in [3.63, 3.8) is 0 Å². The molecule has 0 saturated heterocycles. The lowest BCUT2D eigenvalue weighted by atomic mass is 10.2. The van der Waals surface area contributed by atoms with Crippen LogP contribution in [0.25, 0.3) is 0 Å². The molecule has 0 radical (unpaired) electrons. The highest BCUT2D eigenvalue weighted by atomic mass is 16.6. The van der Waals surface area contributed by atoms with Gasteiger partial charge in [0.15, 0.2) is 11.5 Å².